The van der Waals surface area contributed by atoms with Crippen molar-refractivity contribution in [3.05, 3.63) is 35.9 Å². The molecule has 0 unspecified atom stereocenters. The van der Waals surface area contributed by atoms with Crippen LogP contribution in [0, 0.1) is 5.92 Å². The van der Waals surface area contributed by atoms with Crippen molar-refractivity contribution in [3.8, 4) is 0 Å². The summed E-state index contributed by atoms with van der Waals surface area (Å²) in [7, 11) is 3.70. The van der Waals surface area contributed by atoms with E-state index in [4.69, 9.17) is 0 Å². The summed E-state index contributed by atoms with van der Waals surface area (Å²) in [6, 6.07) is 10.7. The standard InChI is InChI=1S/C16H26N4/c1-17-16(18-2)19-12-15-9-11-20(13-15)10-8-14-6-4-3-5-7-14/h3-7,15H,8-13H2,1-2H3,(H2,17,18,19)/t15-/m1/s1. The average molecular weight is 274 g/mol. The molecule has 20 heavy (non-hydrogen) atoms. The fraction of sp³-hybridized carbons (Fsp3) is 0.562. The Hall–Kier alpha value is -1.55. The smallest absolute Gasteiger partial charge is 0.190 e. The molecule has 4 heteroatoms. The lowest BCUT2D eigenvalue weighted by Gasteiger charge is -2.17. The van der Waals surface area contributed by atoms with Gasteiger partial charge >= 0.3 is 0 Å². The van der Waals surface area contributed by atoms with Gasteiger partial charge in [-0.25, -0.2) is 0 Å². The Morgan fingerprint density at radius 3 is 2.85 bits per heavy atom. The molecular formula is C16H26N4. The second-order valence-corrected chi connectivity index (χ2v) is 5.39. The van der Waals surface area contributed by atoms with Gasteiger partial charge in [-0.15, -0.1) is 0 Å². The van der Waals surface area contributed by atoms with E-state index in [1.807, 2.05) is 7.05 Å². The molecule has 0 bridgehead atoms. The third-order valence-electron chi connectivity index (χ3n) is 3.95. The summed E-state index contributed by atoms with van der Waals surface area (Å²) in [5.41, 5.74) is 1.43. The highest BCUT2D eigenvalue weighted by molar-refractivity contribution is 5.79. The minimum atomic E-state index is 0.732. The number of nitrogens with zero attached hydrogens (tertiary/aromatic N) is 2. The van der Waals surface area contributed by atoms with Crippen LogP contribution in [0.1, 0.15) is 12.0 Å². The maximum atomic E-state index is 4.14. The lowest BCUT2D eigenvalue weighted by atomic mass is 10.1. The zero-order valence-corrected chi connectivity index (χ0v) is 12.6. The first-order valence-corrected chi connectivity index (χ1v) is 7.46. The zero-order chi connectivity index (χ0) is 14.2. The van der Waals surface area contributed by atoms with E-state index in [9.17, 15) is 0 Å². The summed E-state index contributed by atoms with van der Waals surface area (Å²) < 4.78 is 0. The molecule has 0 aliphatic carbocycles. The van der Waals surface area contributed by atoms with Crippen LogP contribution in [-0.4, -0.2) is 51.1 Å². The van der Waals surface area contributed by atoms with Crippen molar-refractivity contribution in [2.24, 2.45) is 10.9 Å². The molecule has 1 atom stereocenters. The van der Waals surface area contributed by atoms with Crippen LogP contribution < -0.4 is 10.6 Å². The largest absolute Gasteiger partial charge is 0.359 e. The predicted molar refractivity (Wildman–Crippen MR) is 85.1 cm³/mol. The molecule has 0 radical (unpaired) electrons. The molecule has 1 aromatic carbocycles. The number of hydrogen-bond donors (Lipinski definition) is 2. The fourth-order valence-electron chi connectivity index (χ4n) is 2.73. The Morgan fingerprint density at radius 1 is 1.35 bits per heavy atom. The van der Waals surface area contributed by atoms with Gasteiger partial charge in [0.2, 0.25) is 0 Å². The normalized spacial score (nSPS) is 20.1. The highest BCUT2D eigenvalue weighted by Gasteiger charge is 2.21. The molecule has 2 rings (SSSR count). The Bertz CT molecular complexity index is 416. The molecule has 0 spiro atoms. The molecule has 0 saturated carbocycles. The highest BCUT2D eigenvalue weighted by Crippen LogP contribution is 2.15. The first-order valence-electron chi connectivity index (χ1n) is 7.46. The Kier molecular flexibility index (Phi) is 5.87. The monoisotopic (exact) mass is 274 g/mol. The molecule has 110 valence electrons. The SMILES string of the molecule is CN=C(NC)NC[C@H]1CCN(CCc2ccccc2)C1. The van der Waals surface area contributed by atoms with Gasteiger partial charge in [-0.1, -0.05) is 30.3 Å². The summed E-state index contributed by atoms with van der Waals surface area (Å²) in [5.74, 6) is 1.61. The number of guanidine groups is 1. The van der Waals surface area contributed by atoms with Crippen LogP contribution in [0.15, 0.2) is 35.3 Å². The van der Waals surface area contributed by atoms with Gasteiger partial charge in [-0.05, 0) is 30.9 Å². The van der Waals surface area contributed by atoms with Crippen LogP contribution in [0.3, 0.4) is 0 Å². The van der Waals surface area contributed by atoms with E-state index in [1.165, 1.54) is 31.6 Å². The molecular weight excluding hydrogens is 248 g/mol. The van der Waals surface area contributed by atoms with Crippen LogP contribution in [0.4, 0.5) is 0 Å². The number of nitrogens with one attached hydrogen (secondary N) is 2. The van der Waals surface area contributed by atoms with Crippen LogP contribution in [-0.2, 0) is 6.42 Å². The van der Waals surface area contributed by atoms with Gasteiger partial charge in [-0.3, -0.25) is 4.99 Å². The molecule has 4 nitrogen and oxygen atoms in total. The lowest BCUT2D eigenvalue weighted by Crippen LogP contribution is -2.38. The number of likely N-dealkylation sites (tertiary alicyclic amines) is 1. The van der Waals surface area contributed by atoms with Gasteiger partial charge in [0.25, 0.3) is 0 Å². The van der Waals surface area contributed by atoms with Crippen molar-refractivity contribution < 1.29 is 0 Å². The van der Waals surface area contributed by atoms with Crippen molar-refractivity contribution in [1.29, 1.82) is 0 Å². The van der Waals surface area contributed by atoms with Crippen molar-refractivity contribution in [2.75, 3.05) is 40.3 Å². The number of benzene rings is 1. The number of aliphatic imine (C=N–C) groups is 1. The van der Waals surface area contributed by atoms with Crippen molar-refractivity contribution in [2.45, 2.75) is 12.8 Å². The van der Waals surface area contributed by atoms with Crippen molar-refractivity contribution >= 4 is 5.96 Å². The summed E-state index contributed by atoms with van der Waals surface area (Å²) in [6.07, 6.45) is 2.43. The van der Waals surface area contributed by atoms with Crippen LogP contribution in [0.25, 0.3) is 0 Å². The molecule has 1 saturated heterocycles. The van der Waals surface area contributed by atoms with E-state index in [0.717, 1.165) is 24.8 Å². The highest BCUT2D eigenvalue weighted by atomic mass is 15.2. The van der Waals surface area contributed by atoms with Crippen LogP contribution >= 0.6 is 0 Å². The summed E-state index contributed by atoms with van der Waals surface area (Å²) in [4.78, 5) is 6.71. The third kappa shape index (κ3) is 4.53. The first-order chi connectivity index (χ1) is 9.81. The van der Waals surface area contributed by atoms with Crippen LogP contribution in [0.5, 0.6) is 0 Å². The lowest BCUT2D eigenvalue weighted by molar-refractivity contribution is 0.328. The third-order valence-corrected chi connectivity index (χ3v) is 3.95. The fourth-order valence-corrected chi connectivity index (χ4v) is 2.73. The Labute approximate surface area is 122 Å². The summed E-state index contributed by atoms with van der Waals surface area (Å²) in [6.45, 7) is 4.59. The minimum absolute atomic E-state index is 0.732. The molecule has 2 N–H and O–H groups in total. The molecule has 0 amide bonds. The quantitative estimate of drug-likeness (QED) is 0.629. The number of rotatable bonds is 5. The van der Waals surface area contributed by atoms with Gasteiger partial charge in [0.05, 0.1) is 0 Å². The predicted octanol–water partition coefficient (Wildman–Crippen LogP) is 1.35. The van der Waals surface area contributed by atoms with E-state index < -0.39 is 0 Å². The molecule has 1 aromatic rings. The van der Waals surface area contributed by atoms with E-state index in [-0.39, 0.29) is 0 Å². The molecule has 1 aliphatic rings. The first kappa shape index (κ1) is 14.9. The van der Waals surface area contributed by atoms with Gasteiger partial charge in [0, 0.05) is 33.7 Å². The maximum Gasteiger partial charge on any atom is 0.190 e. The Morgan fingerprint density at radius 2 is 2.15 bits per heavy atom. The van der Waals surface area contributed by atoms with Crippen LogP contribution in [0.2, 0.25) is 0 Å². The van der Waals surface area contributed by atoms with Gasteiger partial charge in [-0.2, -0.15) is 0 Å². The van der Waals surface area contributed by atoms with E-state index >= 15 is 0 Å². The molecule has 1 aliphatic heterocycles. The maximum absolute atomic E-state index is 4.14. The van der Waals surface area contributed by atoms with Crippen molar-refractivity contribution in [3.63, 3.8) is 0 Å². The molecule has 1 fully saturated rings. The van der Waals surface area contributed by atoms with Gasteiger partial charge in [0.1, 0.15) is 0 Å². The minimum Gasteiger partial charge on any atom is -0.359 e. The number of hydrogen-bond acceptors (Lipinski definition) is 2. The van der Waals surface area contributed by atoms with E-state index in [1.54, 1.807) is 7.05 Å². The zero-order valence-electron chi connectivity index (χ0n) is 12.6. The Balaban J connectivity index is 1.67. The molecule has 1 heterocycles. The summed E-state index contributed by atoms with van der Waals surface area (Å²) >= 11 is 0. The van der Waals surface area contributed by atoms with E-state index in [0.29, 0.717) is 0 Å². The molecule has 0 aromatic heterocycles. The van der Waals surface area contributed by atoms with E-state index in [2.05, 4.69) is 50.9 Å². The average Bonchev–Trinajstić information content (AvgIpc) is 2.95. The van der Waals surface area contributed by atoms with Crippen molar-refractivity contribution in [1.82, 2.24) is 15.5 Å². The van der Waals surface area contributed by atoms with Gasteiger partial charge in [0.15, 0.2) is 5.96 Å². The van der Waals surface area contributed by atoms with Gasteiger partial charge < -0.3 is 15.5 Å². The summed E-state index contributed by atoms with van der Waals surface area (Å²) in [5, 5.41) is 6.43. The second-order valence-electron chi connectivity index (χ2n) is 5.39. The second kappa shape index (κ2) is 7.90. The topological polar surface area (TPSA) is 39.7 Å².